The molecule has 5 heteroatoms. The Morgan fingerprint density at radius 2 is 2.00 bits per heavy atom. The lowest BCUT2D eigenvalue weighted by molar-refractivity contribution is -0.109. The summed E-state index contributed by atoms with van der Waals surface area (Å²) in [5.74, 6) is 0.115. The van der Waals surface area contributed by atoms with E-state index in [1.54, 1.807) is 31.2 Å². The Kier molecular flexibility index (Phi) is 6.21. The van der Waals surface area contributed by atoms with E-state index in [2.05, 4.69) is 0 Å². The molecule has 2 unspecified atom stereocenters. The van der Waals surface area contributed by atoms with E-state index >= 15 is 0 Å². The minimum atomic E-state index is -1.10. The molecule has 1 aromatic rings. The first kappa shape index (κ1) is 15.9. The summed E-state index contributed by atoms with van der Waals surface area (Å²) < 4.78 is 0. The van der Waals surface area contributed by atoms with Gasteiger partial charge in [-0.15, -0.1) is 0 Å². The monoisotopic (exact) mass is 282 g/mol. The number of hydrogen-bond donors (Lipinski definition) is 2. The van der Waals surface area contributed by atoms with Crippen molar-refractivity contribution in [1.82, 2.24) is 0 Å². The summed E-state index contributed by atoms with van der Waals surface area (Å²) >= 11 is 0.962. The molecular formula is C14H18O4S. The highest BCUT2D eigenvalue weighted by molar-refractivity contribution is 8.13. The van der Waals surface area contributed by atoms with E-state index in [-0.39, 0.29) is 16.7 Å². The topological polar surface area (TPSA) is 74.6 Å². The van der Waals surface area contributed by atoms with Crippen LogP contribution >= 0.6 is 11.8 Å². The molecule has 2 N–H and O–H groups in total. The Labute approximate surface area is 116 Å². The van der Waals surface area contributed by atoms with Crippen molar-refractivity contribution in [3.8, 4) is 0 Å². The number of carbonyl (C=O) groups excluding carboxylic acids is 2. The van der Waals surface area contributed by atoms with Crippen LogP contribution < -0.4 is 0 Å². The molecule has 0 aliphatic carbocycles. The van der Waals surface area contributed by atoms with Gasteiger partial charge < -0.3 is 10.2 Å². The molecule has 0 aliphatic heterocycles. The first-order valence-electron chi connectivity index (χ1n) is 6.08. The summed E-state index contributed by atoms with van der Waals surface area (Å²) in [5, 5.41) is 19.7. The summed E-state index contributed by atoms with van der Waals surface area (Å²) in [6.07, 6.45) is -1.75. The van der Waals surface area contributed by atoms with Gasteiger partial charge in [-0.05, 0) is 11.6 Å². The fourth-order valence-corrected chi connectivity index (χ4v) is 2.20. The lowest BCUT2D eigenvalue weighted by atomic mass is 10.0. The Balaban J connectivity index is 2.78. The number of thioether (sulfide) groups is 1. The third kappa shape index (κ3) is 4.78. The molecule has 0 aliphatic rings. The first-order valence-corrected chi connectivity index (χ1v) is 7.07. The summed E-state index contributed by atoms with van der Waals surface area (Å²) in [5.41, 5.74) is 1.00. The molecule has 0 heterocycles. The Morgan fingerprint density at radius 1 is 1.32 bits per heavy atom. The minimum Gasteiger partial charge on any atom is -0.389 e. The molecule has 0 spiro atoms. The van der Waals surface area contributed by atoms with Crippen LogP contribution in [0.4, 0.5) is 0 Å². The van der Waals surface area contributed by atoms with Crippen LogP contribution in [0.3, 0.4) is 0 Å². The molecule has 0 aromatic heterocycles. The number of benzene rings is 1. The van der Waals surface area contributed by atoms with Crippen LogP contribution in [0.5, 0.6) is 0 Å². The zero-order valence-electron chi connectivity index (χ0n) is 11.0. The van der Waals surface area contributed by atoms with Crippen molar-refractivity contribution in [3.05, 3.63) is 35.4 Å². The summed E-state index contributed by atoms with van der Waals surface area (Å²) in [6.45, 7) is 3.17. The lowest BCUT2D eigenvalue weighted by Gasteiger charge is -2.17. The van der Waals surface area contributed by atoms with Crippen LogP contribution in [0, 0.1) is 0 Å². The predicted molar refractivity (Wildman–Crippen MR) is 75.2 cm³/mol. The Bertz CT molecular complexity index is 459. The fourth-order valence-electron chi connectivity index (χ4n) is 1.62. The SMILES string of the molecule is CCC(=O)c1cccc(C(O)C(O)CSC(C)=O)c1. The number of hydrogen-bond acceptors (Lipinski definition) is 5. The molecule has 2 atom stereocenters. The molecule has 0 saturated heterocycles. The van der Waals surface area contributed by atoms with Crippen LogP contribution in [0.1, 0.15) is 42.3 Å². The van der Waals surface area contributed by atoms with Gasteiger partial charge in [0, 0.05) is 24.7 Å². The van der Waals surface area contributed by atoms with Crippen molar-refractivity contribution in [3.63, 3.8) is 0 Å². The van der Waals surface area contributed by atoms with Crippen LogP contribution in [0.15, 0.2) is 24.3 Å². The fraction of sp³-hybridized carbons (Fsp3) is 0.429. The van der Waals surface area contributed by atoms with E-state index in [1.165, 1.54) is 6.92 Å². The third-order valence-electron chi connectivity index (χ3n) is 2.69. The van der Waals surface area contributed by atoms with Crippen molar-refractivity contribution < 1.29 is 19.8 Å². The molecule has 0 saturated carbocycles. The molecule has 104 valence electrons. The zero-order valence-corrected chi connectivity index (χ0v) is 11.8. The highest BCUT2D eigenvalue weighted by atomic mass is 32.2. The van der Waals surface area contributed by atoms with Gasteiger partial charge in [0.1, 0.15) is 6.10 Å². The summed E-state index contributed by atoms with van der Waals surface area (Å²) in [7, 11) is 0. The second kappa shape index (κ2) is 7.43. The molecule has 4 nitrogen and oxygen atoms in total. The maximum atomic E-state index is 11.6. The number of carbonyl (C=O) groups is 2. The largest absolute Gasteiger partial charge is 0.389 e. The van der Waals surface area contributed by atoms with Gasteiger partial charge in [-0.25, -0.2) is 0 Å². The smallest absolute Gasteiger partial charge is 0.185 e. The number of Topliss-reactive ketones (excluding diaryl/α,β-unsaturated/α-hetero) is 1. The molecule has 19 heavy (non-hydrogen) atoms. The average molecular weight is 282 g/mol. The van der Waals surface area contributed by atoms with E-state index in [0.717, 1.165) is 11.8 Å². The van der Waals surface area contributed by atoms with Gasteiger partial charge in [0.05, 0.1) is 6.10 Å². The Hall–Kier alpha value is -1.17. The highest BCUT2D eigenvalue weighted by Crippen LogP contribution is 2.21. The van der Waals surface area contributed by atoms with E-state index < -0.39 is 12.2 Å². The molecule has 0 bridgehead atoms. The standard InChI is InChI=1S/C14H18O4S/c1-3-12(16)10-5-4-6-11(7-10)14(18)13(17)8-19-9(2)15/h4-7,13-14,17-18H,3,8H2,1-2H3. The minimum absolute atomic E-state index is 0.0124. The van der Waals surface area contributed by atoms with Gasteiger partial charge >= 0.3 is 0 Å². The molecule has 1 aromatic carbocycles. The lowest BCUT2D eigenvalue weighted by Crippen LogP contribution is -2.21. The van der Waals surface area contributed by atoms with Gasteiger partial charge in [0.15, 0.2) is 10.9 Å². The van der Waals surface area contributed by atoms with Crippen LogP contribution in [0.25, 0.3) is 0 Å². The Morgan fingerprint density at radius 3 is 2.58 bits per heavy atom. The quantitative estimate of drug-likeness (QED) is 0.780. The maximum absolute atomic E-state index is 11.6. The summed E-state index contributed by atoms with van der Waals surface area (Å²) in [4.78, 5) is 22.4. The number of ketones is 1. The maximum Gasteiger partial charge on any atom is 0.185 e. The van der Waals surface area contributed by atoms with Crippen LogP contribution in [-0.4, -0.2) is 33.0 Å². The number of aliphatic hydroxyl groups is 2. The zero-order chi connectivity index (χ0) is 14.4. The molecule has 0 fully saturated rings. The van der Waals surface area contributed by atoms with Gasteiger partial charge in [0.25, 0.3) is 0 Å². The van der Waals surface area contributed by atoms with E-state index in [0.29, 0.717) is 17.5 Å². The van der Waals surface area contributed by atoms with Crippen LogP contribution in [-0.2, 0) is 4.79 Å². The van der Waals surface area contributed by atoms with E-state index in [9.17, 15) is 19.8 Å². The van der Waals surface area contributed by atoms with Crippen molar-refractivity contribution in [2.75, 3.05) is 5.75 Å². The molecule has 1 rings (SSSR count). The average Bonchev–Trinajstić information content (AvgIpc) is 2.43. The predicted octanol–water partition coefficient (Wildman–Crippen LogP) is 1.95. The van der Waals surface area contributed by atoms with Gasteiger partial charge in [0.2, 0.25) is 0 Å². The highest BCUT2D eigenvalue weighted by Gasteiger charge is 2.19. The third-order valence-corrected chi connectivity index (χ3v) is 3.61. The normalized spacial score (nSPS) is 13.9. The van der Waals surface area contributed by atoms with Gasteiger partial charge in [-0.1, -0.05) is 36.9 Å². The second-order valence-corrected chi connectivity index (χ2v) is 5.41. The number of aliphatic hydroxyl groups excluding tert-OH is 2. The van der Waals surface area contributed by atoms with Gasteiger partial charge in [-0.3, -0.25) is 9.59 Å². The van der Waals surface area contributed by atoms with Crippen molar-refractivity contribution in [1.29, 1.82) is 0 Å². The van der Waals surface area contributed by atoms with Crippen LogP contribution in [0.2, 0.25) is 0 Å². The summed E-state index contributed by atoms with van der Waals surface area (Å²) in [6, 6.07) is 6.59. The van der Waals surface area contributed by atoms with Crippen molar-refractivity contribution in [2.45, 2.75) is 32.5 Å². The van der Waals surface area contributed by atoms with E-state index in [1.807, 2.05) is 0 Å². The van der Waals surface area contributed by atoms with E-state index in [4.69, 9.17) is 0 Å². The molecule has 0 amide bonds. The second-order valence-electron chi connectivity index (χ2n) is 4.22. The number of rotatable bonds is 6. The first-order chi connectivity index (χ1) is 8.95. The molecule has 0 radical (unpaired) electrons. The van der Waals surface area contributed by atoms with Crippen molar-refractivity contribution in [2.24, 2.45) is 0 Å². The van der Waals surface area contributed by atoms with Crippen molar-refractivity contribution >= 4 is 22.7 Å². The molecular weight excluding hydrogens is 264 g/mol. The van der Waals surface area contributed by atoms with Gasteiger partial charge in [-0.2, -0.15) is 0 Å².